The Morgan fingerprint density at radius 1 is 1.23 bits per heavy atom. The molecule has 3 N–H and O–H groups in total. The van der Waals surface area contributed by atoms with Crippen LogP contribution in [0.5, 0.6) is 0 Å². The number of hydrogen-bond donors (Lipinski definition) is 2. The normalized spacial score (nSPS) is 11.2. The summed E-state index contributed by atoms with van der Waals surface area (Å²) in [7, 11) is 0. The molecule has 0 fully saturated rings. The number of hydrogen-bond acceptors (Lipinski definition) is 8. The molecular formula is C19H23N7O3S. The van der Waals surface area contributed by atoms with Crippen LogP contribution in [0.15, 0.2) is 32.8 Å². The van der Waals surface area contributed by atoms with Gasteiger partial charge in [-0.2, -0.15) is 5.10 Å². The minimum atomic E-state index is -0.783. The predicted molar refractivity (Wildman–Crippen MR) is 114 cm³/mol. The first kappa shape index (κ1) is 21.5. The topological polar surface area (TPSA) is 142 Å². The zero-order valence-corrected chi connectivity index (χ0v) is 18.0. The fourth-order valence-electron chi connectivity index (χ4n) is 2.98. The highest BCUT2D eigenvalue weighted by molar-refractivity contribution is 7.99. The van der Waals surface area contributed by atoms with Crippen molar-refractivity contribution < 1.29 is 4.79 Å². The number of nitrogens with two attached hydrogens (primary N) is 1. The Morgan fingerprint density at radius 2 is 1.97 bits per heavy atom. The number of carbonyl (C=O) groups is 1. The number of carbonyl (C=O) groups excluding carboxylic acids is 1. The van der Waals surface area contributed by atoms with Gasteiger partial charge in [0.05, 0.1) is 11.4 Å². The van der Waals surface area contributed by atoms with E-state index in [1.807, 2.05) is 33.8 Å². The van der Waals surface area contributed by atoms with Crippen LogP contribution in [-0.2, 0) is 6.54 Å². The lowest BCUT2D eigenvalue weighted by Crippen LogP contribution is -2.37. The molecule has 11 heteroatoms. The molecule has 0 saturated heterocycles. The van der Waals surface area contributed by atoms with Gasteiger partial charge in [0.1, 0.15) is 16.4 Å². The van der Waals surface area contributed by atoms with E-state index in [-0.39, 0.29) is 23.1 Å². The second-order valence-corrected chi connectivity index (χ2v) is 8.30. The van der Waals surface area contributed by atoms with Gasteiger partial charge in [-0.3, -0.25) is 19.1 Å². The molecule has 3 heterocycles. The van der Waals surface area contributed by atoms with Crippen LogP contribution >= 0.6 is 11.8 Å². The third kappa shape index (κ3) is 4.51. The molecule has 0 amide bonds. The number of aromatic amines is 1. The lowest BCUT2D eigenvalue weighted by Gasteiger charge is -2.13. The van der Waals surface area contributed by atoms with Gasteiger partial charge in [0, 0.05) is 12.2 Å². The Labute approximate surface area is 176 Å². The van der Waals surface area contributed by atoms with Crippen LogP contribution in [0.25, 0.3) is 5.82 Å². The second-order valence-electron chi connectivity index (χ2n) is 7.30. The quantitative estimate of drug-likeness (QED) is 0.423. The number of Topliss-reactive ketones (excluding diaryl/α,β-unsaturated/α-hetero) is 1. The van der Waals surface area contributed by atoms with E-state index in [1.54, 1.807) is 16.8 Å². The molecule has 0 aliphatic carbocycles. The maximum absolute atomic E-state index is 12.6. The number of rotatable bonds is 7. The zero-order chi connectivity index (χ0) is 22.0. The van der Waals surface area contributed by atoms with Crippen molar-refractivity contribution in [2.45, 2.75) is 39.3 Å². The number of nitrogen functional groups attached to an aromatic ring is 1. The molecule has 0 aliphatic rings. The minimum Gasteiger partial charge on any atom is -0.384 e. The van der Waals surface area contributed by atoms with Gasteiger partial charge in [-0.25, -0.2) is 9.48 Å². The van der Waals surface area contributed by atoms with Gasteiger partial charge in [0.25, 0.3) is 5.56 Å². The first-order valence-corrected chi connectivity index (χ1v) is 10.3. The standard InChI is InChI=1S/C19H23N7O3S/c1-10(2)8-25-17(20)16(18(28)21-19(25)29)13(27)9-30-15-6-5-14(22-23-15)26-12(4)7-11(3)24-26/h5-7,10H,8-9,20H2,1-4H3,(H,21,28,29). The van der Waals surface area contributed by atoms with Gasteiger partial charge < -0.3 is 5.73 Å². The maximum Gasteiger partial charge on any atom is 0.329 e. The number of ketones is 1. The van der Waals surface area contributed by atoms with Crippen molar-refractivity contribution in [2.75, 3.05) is 11.5 Å². The van der Waals surface area contributed by atoms with Crippen LogP contribution < -0.4 is 17.0 Å². The highest BCUT2D eigenvalue weighted by Crippen LogP contribution is 2.18. The van der Waals surface area contributed by atoms with Crippen molar-refractivity contribution in [3.05, 3.63) is 56.0 Å². The van der Waals surface area contributed by atoms with Crippen LogP contribution in [0.3, 0.4) is 0 Å². The van der Waals surface area contributed by atoms with E-state index < -0.39 is 17.0 Å². The molecule has 158 valence electrons. The molecule has 0 bridgehead atoms. The average molecular weight is 430 g/mol. The number of nitrogens with one attached hydrogen (secondary N) is 1. The van der Waals surface area contributed by atoms with Crippen LogP contribution in [0.2, 0.25) is 0 Å². The Balaban J connectivity index is 1.77. The summed E-state index contributed by atoms with van der Waals surface area (Å²) in [6.07, 6.45) is 0. The van der Waals surface area contributed by atoms with Gasteiger partial charge in [-0.05, 0) is 38.0 Å². The molecule has 3 aromatic heterocycles. The number of H-pyrrole nitrogens is 1. The van der Waals surface area contributed by atoms with Crippen LogP contribution in [0.1, 0.15) is 35.6 Å². The fraction of sp³-hybridized carbons (Fsp3) is 0.368. The van der Waals surface area contributed by atoms with Gasteiger partial charge in [0.2, 0.25) is 0 Å². The Morgan fingerprint density at radius 3 is 2.53 bits per heavy atom. The Bertz CT molecular complexity index is 1190. The smallest absolute Gasteiger partial charge is 0.329 e. The summed E-state index contributed by atoms with van der Waals surface area (Å²) >= 11 is 1.13. The molecule has 0 radical (unpaired) electrons. The van der Waals surface area contributed by atoms with E-state index in [1.165, 1.54) is 4.57 Å². The molecule has 30 heavy (non-hydrogen) atoms. The van der Waals surface area contributed by atoms with E-state index in [4.69, 9.17) is 5.73 Å². The second kappa shape index (κ2) is 8.66. The van der Waals surface area contributed by atoms with Gasteiger partial charge in [-0.1, -0.05) is 25.6 Å². The minimum absolute atomic E-state index is 0.0684. The monoisotopic (exact) mass is 429 g/mol. The summed E-state index contributed by atoms with van der Waals surface area (Å²) < 4.78 is 2.90. The van der Waals surface area contributed by atoms with E-state index in [9.17, 15) is 14.4 Å². The molecule has 0 aromatic carbocycles. The molecule has 0 spiro atoms. The van der Waals surface area contributed by atoms with Gasteiger partial charge in [-0.15, -0.1) is 10.2 Å². The molecule has 0 saturated carbocycles. The summed E-state index contributed by atoms with van der Waals surface area (Å²) in [5.74, 6) is 0.0119. The zero-order valence-electron chi connectivity index (χ0n) is 17.2. The largest absolute Gasteiger partial charge is 0.384 e. The Kier molecular flexibility index (Phi) is 6.20. The molecule has 0 atom stereocenters. The number of anilines is 1. The first-order valence-electron chi connectivity index (χ1n) is 9.33. The van der Waals surface area contributed by atoms with Crippen molar-refractivity contribution in [1.82, 2.24) is 29.5 Å². The average Bonchev–Trinajstić information content (AvgIpc) is 3.01. The van der Waals surface area contributed by atoms with E-state index >= 15 is 0 Å². The third-order valence-corrected chi connectivity index (χ3v) is 5.19. The highest BCUT2D eigenvalue weighted by atomic mass is 32.2. The first-order chi connectivity index (χ1) is 14.2. The van der Waals surface area contributed by atoms with Gasteiger partial charge in [0.15, 0.2) is 11.6 Å². The van der Waals surface area contributed by atoms with Crippen LogP contribution in [0.4, 0.5) is 5.82 Å². The summed E-state index contributed by atoms with van der Waals surface area (Å²) in [4.78, 5) is 39.0. The van der Waals surface area contributed by atoms with E-state index in [0.717, 1.165) is 23.1 Å². The van der Waals surface area contributed by atoms with Crippen molar-refractivity contribution >= 4 is 23.4 Å². The number of nitrogens with zero attached hydrogens (tertiary/aromatic N) is 5. The molecule has 0 unspecified atom stereocenters. The number of aryl methyl sites for hydroxylation is 2. The molecule has 3 aromatic rings. The van der Waals surface area contributed by atoms with Gasteiger partial charge >= 0.3 is 5.69 Å². The highest BCUT2D eigenvalue weighted by Gasteiger charge is 2.20. The van der Waals surface area contributed by atoms with E-state index in [2.05, 4.69) is 20.3 Å². The number of aromatic nitrogens is 6. The van der Waals surface area contributed by atoms with Crippen LogP contribution in [-0.4, -0.2) is 41.1 Å². The molecule has 10 nitrogen and oxygen atoms in total. The summed E-state index contributed by atoms with van der Waals surface area (Å²) in [6, 6.07) is 5.41. The van der Waals surface area contributed by atoms with Crippen molar-refractivity contribution in [1.29, 1.82) is 0 Å². The summed E-state index contributed by atoms with van der Waals surface area (Å²) in [5, 5.41) is 13.1. The number of thioether (sulfide) groups is 1. The van der Waals surface area contributed by atoms with Crippen molar-refractivity contribution in [2.24, 2.45) is 5.92 Å². The molecular weight excluding hydrogens is 406 g/mol. The SMILES string of the molecule is Cc1cc(C)n(-c2ccc(SCC(=O)c3c(N)n(CC(C)C)c(=O)[nH]c3=O)nn2)n1. The summed E-state index contributed by atoms with van der Waals surface area (Å²) in [5.41, 5.74) is 6.17. The third-order valence-electron chi connectivity index (χ3n) is 4.27. The fourth-order valence-corrected chi connectivity index (χ4v) is 3.67. The van der Waals surface area contributed by atoms with Crippen LogP contribution in [0, 0.1) is 19.8 Å². The molecule has 3 rings (SSSR count). The lowest BCUT2D eigenvalue weighted by molar-refractivity contribution is 0.102. The van der Waals surface area contributed by atoms with Crippen molar-refractivity contribution in [3.8, 4) is 5.82 Å². The Hall–Kier alpha value is -3.21. The lowest BCUT2D eigenvalue weighted by atomic mass is 10.2. The van der Waals surface area contributed by atoms with E-state index in [0.29, 0.717) is 17.4 Å². The predicted octanol–water partition coefficient (Wildman–Crippen LogP) is 1.34. The summed E-state index contributed by atoms with van der Waals surface area (Å²) in [6.45, 7) is 7.92. The maximum atomic E-state index is 12.6. The van der Waals surface area contributed by atoms with Crippen molar-refractivity contribution in [3.63, 3.8) is 0 Å². The molecule has 0 aliphatic heterocycles.